The highest BCUT2D eigenvalue weighted by Gasteiger charge is 2.24. The predicted octanol–water partition coefficient (Wildman–Crippen LogP) is 3.75. The molecule has 0 aliphatic heterocycles. The van der Waals surface area contributed by atoms with Crippen LogP contribution in [0.25, 0.3) is 21.5 Å². The minimum absolute atomic E-state index is 0.0442. The Kier molecular flexibility index (Phi) is 6.61. The number of methoxy groups -OCH3 is 2. The summed E-state index contributed by atoms with van der Waals surface area (Å²) >= 11 is 1.35. The lowest BCUT2D eigenvalue weighted by atomic mass is 10.1. The summed E-state index contributed by atoms with van der Waals surface area (Å²) in [5.74, 6) is -1.61. The quantitative estimate of drug-likeness (QED) is 0.374. The summed E-state index contributed by atoms with van der Waals surface area (Å²) in [6.07, 6.45) is 0. The van der Waals surface area contributed by atoms with Crippen molar-refractivity contribution in [3.63, 3.8) is 0 Å². The molecule has 1 atom stereocenters. The van der Waals surface area contributed by atoms with Crippen molar-refractivity contribution in [2.24, 2.45) is 0 Å². The van der Waals surface area contributed by atoms with Crippen LogP contribution >= 0.6 is 11.3 Å². The number of halogens is 1. The number of hydrogen-bond acceptors (Lipinski definition) is 9. The highest BCUT2D eigenvalue weighted by molar-refractivity contribution is 7.22. The maximum atomic E-state index is 13.4. The standard InChI is InChI=1S/C22H19FN4O5S/c1-30-11-17(21(29)31-2)25-20(28)18-10-16(27-32-18)12-3-6-14(7-4-12)24-22-26-15-8-5-13(23)9-19(15)33-22/h3-10,17H,11H2,1-2H3,(H,24,26)(H,25,28)/t17-/m0/s1. The number of carbonyl (C=O) groups excluding carboxylic acids is 2. The van der Waals surface area contributed by atoms with Gasteiger partial charge in [-0.05, 0) is 30.3 Å². The van der Waals surface area contributed by atoms with Crippen molar-refractivity contribution < 1.29 is 28.0 Å². The lowest BCUT2D eigenvalue weighted by Crippen LogP contribution is -2.44. The topological polar surface area (TPSA) is 116 Å². The molecule has 2 heterocycles. The average molecular weight is 470 g/mol. The summed E-state index contributed by atoms with van der Waals surface area (Å²) < 4.78 is 28.8. The molecule has 0 aliphatic carbocycles. The Morgan fingerprint density at radius 2 is 1.94 bits per heavy atom. The minimum Gasteiger partial charge on any atom is -0.467 e. The second kappa shape index (κ2) is 9.76. The van der Waals surface area contributed by atoms with E-state index >= 15 is 0 Å². The number of fused-ring (bicyclic) bond motifs is 1. The molecule has 2 aromatic heterocycles. The van der Waals surface area contributed by atoms with Crippen LogP contribution < -0.4 is 10.6 Å². The number of carbonyl (C=O) groups is 2. The Morgan fingerprint density at radius 1 is 1.15 bits per heavy atom. The molecule has 4 rings (SSSR count). The van der Waals surface area contributed by atoms with E-state index in [4.69, 9.17) is 9.26 Å². The van der Waals surface area contributed by atoms with E-state index in [9.17, 15) is 14.0 Å². The summed E-state index contributed by atoms with van der Waals surface area (Å²) in [6, 6.07) is 12.2. The average Bonchev–Trinajstić information content (AvgIpc) is 3.45. The van der Waals surface area contributed by atoms with E-state index in [1.165, 1.54) is 43.8 Å². The van der Waals surface area contributed by atoms with E-state index < -0.39 is 17.9 Å². The number of esters is 1. The first kappa shape index (κ1) is 22.4. The predicted molar refractivity (Wildman–Crippen MR) is 120 cm³/mol. The number of rotatable bonds is 8. The van der Waals surface area contributed by atoms with E-state index in [1.54, 1.807) is 18.2 Å². The number of anilines is 2. The van der Waals surface area contributed by atoms with Gasteiger partial charge >= 0.3 is 5.97 Å². The van der Waals surface area contributed by atoms with Crippen molar-refractivity contribution in [3.8, 4) is 11.3 Å². The second-order valence-corrected chi connectivity index (χ2v) is 7.95. The lowest BCUT2D eigenvalue weighted by molar-refractivity contribution is -0.144. The van der Waals surface area contributed by atoms with Gasteiger partial charge in [-0.2, -0.15) is 0 Å². The highest BCUT2D eigenvalue weighted by Crippen LogP contribution is 2.29. The Hall–Kier alpha value is -3.83. The molecule has 1 amide bonds. The van der Waals surface area contributed by atoms with Crippen LogP contribution in [0.3, 0.4) is 0 Å². The Balaban J connectivity index is 1.43. The first-order valence-electron chi connectivity index (χ1n) is 9.74. The maximum Gasteiger partial charge on any atom is 0.330 e. The van der Waals surface area contributed by atoms with Gasteiger partial charge in [-0.1, -0.05) is 28.6 Å². The summed E-state index contributed by atoms with van der Waals surface area (Å²) in [6.45, 7) is -0.0442. The number of hydrogen-bond donors (Lipinski definition) is 2. The zero-order chi connectivity index (χ0) is 23.4. The number of benzene rings is 2. The molecule has 9 nitrogen and oxygen atoms in total. The van der Waals surface area contributed by atoms with Crippen LogP contribution in [0.15, 0.2) is 53.1 Å². The van der Waals surface area contributed by atoms with Crippen molar-refractivity contribution in [3.05, 3.63) is 60.1 Å². The van der Waals surface area contributed by atoms with Gasteiger partial charge in [-0.15, -0.1) is 0 Å². The zero-order valence-electron chi connectivity index (χ0n) is 17.6. The fraction of sp³-hybridized carbons (Fsp3) is 0.182. The molecule has 0 saturated carbocycles. The Morgan fingerprint density at radius 3 is 2.67 bits per heavy atom. The molecule has 0 fully saturated rings. The molecule has 0 bridgehead atoms. The van der Waals surface area contributed by atoms with Crippen LogP contribution in [-0.4, -0.2) is 48.9 Å². The van der Waals surface area contributed by atoms with E-state index in [0.717, 1.165) is 16.0 Å². The summed E-state index contributed by atoms with van der Waals surface area (Å²) in [5.41, 5.74) is 2.66. The van der Waals surface area contributed by atoms with Crippen LogP contribution in [0.1, 0.15) is 10.6 Å². The molecule has 2 aromatic carbocycles. The third kappa shape index (κ3) is 5.16. The molecule has 11 heteroatoms. The van der Waals surface area contributed by atoms with Crippen LogP contribution in [-0.2, 0) is 14.3 Å². The normalized spacial score (nSPS) is 11.8. The van der Waals surface area contributed by atoms with Gasteiger partial charge in [0.05, 0.1) is 23.9 Å². The number of thiazole rings is 1. The molecule has 4 aromatic rings. The second-order valence-electron chi connectivity index (χ2n) is 6.91. The van der Waals surface area contributed by atoms with Gasteiger partial charge in [-0.3, -0.25) is 4.79 Å². The minimum atomic E-state index is -0.967. The third-order valence-corrected chi connectivity index (χ3v) is 5.57. The summed E-state index contributed by atoms with van der Waals surface area (Å²) in [7, 11) is 2.63. The largest absolute Gasteiger partial charge is 0.467 e. The smallest absolute Gasteiger partial charge is 0.330 e. The molecule has 0 radical (unpaired) electrons. The van der Waals surface area contributed by atoms with E-state index in [1.807, 2.05) is 12.1 Å². The van der Waals surface area contributed by atoms with Crippen LogP contribution in [0.5, 0.6) is 0 Å². The maximum absolute atomic E-state index is 13.4. The first-order chi connectivity index (χ1) is 16.0. The van der Waals surface area contributed by atoms with Gasteiger partial charge in [0.1, 0.15) is 11.5 Å². The van der Waals surface area contributed by atoms with Gasteiger partial charge in [-0.25, -0.2) is 14.2 Å². The molecule has 33 heavy (non-hydrogen) atoms. The number of amides is 1. The lowest BCUT2D eigenvalue weighted by Gasteiger charge is -2.14. The molecule has 0 unspecified atom stereocenters. The van der Waals surface area contributed by atoms with Crippen molar-refractivity contribution in [2.45, 2.75) is 6.04 Å². The van der Waals surface area contributed by atoms with Gasteiger partial charge in [0, 0.05) is 24.4 Å². The van der Waals surface area contributed by atoms with Crippen molar-refractivity contribution in [2.75, 3.05) is 26.1 Å². The number of nitrogens with zero attached hydrogens (tertiary/aromatic N) is 2. The van der Waals surface area contributed by atoms with Crippen molar-refractivity contribution in [1.82, 2.24) is 15.5 Å². The van der Waals surface area contributed by atoms with E-state index in [-0.39, 0.29) is 18.2 Å². The molecule has 170 valence electrons. The van der Waals surface area contributed by atoms with Gasteiger partial charge in [0.25, 0.3) is 5.91 Å². The molecule has 0 saturated heterocycles. The van der Waals surface area contributed by atoms with E-state index in [0.29, 0.717) is 16.3 Å². The fourth-order valence-corrected chi connectivity index (χ4v) is 3.94. The van der Waals surface area contributed by atoms with E-state index in [2.05, 4.69) is 25.5 Å². The summed E-state index contributed by atoms with van der Waals surface area (Å²) in [4.78, 5) is 28.6. The van der Waals surface area contributed by atoms with Gasteiger partial charge < -0.3 is 24.6 Å². The van der Waals surface area contributed by atoms with Crippen molar-refractivity contribution in [1.29, 1.82) is 0 Å². The number of ether oxygens (including phenoxy) is 2. The Labute approximate surface area is 191 Å². The fourth-order valence-electron chi connectivity index (χ4n) is 3.02. The Bertz CT molecular complexity index is 1290. The van der Waals surface area contributed by atoms with Crippen LogP contribution in [0, 0.1) is 5.82 Å². The zero-order valence-corrected chi connectivity index (χ0v) is 18.4. The third-order valence-electron chi connectivity index (χ3n) is 4.64. The summed E-state index contributed by atoms with van der Waals surface area (Å²) in [5, 5.41) is 10.2. The van der Waals surface area contributed by atoms with Crippen LogP contribution in [0.4, 0.5) is 15.2 Å². The molecule has 0 aliphatic rings. The van der Waals surface area contributed by atoms with Crippen molar-refractivity contribution >= 4 is 44.2 Å². The molecule has 2 N–H and O–H groups in total. The SMILES string of the molecule is COC[C@H](NC(=O)c1cc(-c2ccc(Nc3nc4ccc(F)cc4s3)cc2)no1)C(=O)OC. The molecule has 0 spiro atoms. The highest BCUT2D eigenvalue weighted by atomic mass is 32.1. The van der Waals surface area contributed by atoms with Gasteiger partial charge in [0.2, 0.25) is 5.76 Å². The van der Waals surface area contributed by atoms with Crippen LogP contribution in [0.2, 0.25) is 0 Å². The first-order valence-corrected chi connectivity index (χ1v) is 10.6. The van der Waals surface area contributed by atoms with Gasteiger partial charge in [0.15, 0.2) is 11.2 Å². The number of aromatic nitrogens is 2. The number of nitrogens with one attached hydrogen (secondary N) is 2. The molecular weight excluding hydrogens is 451 g/mol. The molecular formula is C22H19FN4O5S. The monoisotopic (exact) mass is 470 g/mol.